The third-order valence-electron chi connectivity index (χ3n) is 4.93. The minimum Gasteiger partial charge on any atom is -0.349 e. The molecule has 1 saturated heterocycles. The van der Waals surface area contributed by atoms with Gasteiger partial charge in [0.2, 0.25) is 10.0 Å². The van der Waals surface area contributed by atoms with Gasteiger partial charge in [-0.1, -0.05) is 25.5 Å². The summed E-state index contributed by atoms with van der Waals surface area (Å²) in [4.78, 5) is 13.6. The van der Waals surface area contributed by atoms with Crippen molar-refractivity contribution in [1.82, 2.24) is 9.62 Å². The van der Waals surface area contributed by atoms with Gasteiger partial charge in [0.1, 0.15) is 0 Å². The molecule has 1 fully saturated rings. The zero-order valence-corrected chi connectivity index (χ0v) is 17.2. The molecule has 0 unspecified atom stereocenters. The van der Waals surface area contributed by atoms with Crippen LogP contribution in [0.25, 0.3) is 0 Å². The number of quaternary nitrogens is 1. The second-order valence-corrected chi connectivity index (χ2v) is 9.26. The molecule has 0 radical (unpaired) electrons. The van der Waals surface area contributed by atoms with Gasteiger partial charge in [-0.3, -0.25) is 4.79 Å². The first-order valence-electron chi connectivity index (χ1n) is 9.44. The molecule has 2 N–H and O–H groups in total. The molecule has 1 aromatic rings. The maximum absolute atomic E-state index is 12.9. The standard InChI is InChI=1S/C19H31N3O3S/c1-5-6-17(4)20-19(23)14-21-9-11-22(12-10-21)26(24,25)18-13-15(2)7-8-16(18)3/h7-8,13,17H,5-6,9-12,14H2,1-4H3,(H,20,23)/p+1/t17-/m0/s1. The highest BCUT2D eigenvalue weighted by atomic mass is 32.2. The van der Waals surface area contributed by atoms with Crippen LogP contribution in [0.3, 0.4) is 0 Å². The molecule has 0 aliphatic carbocycles. The highest BCUT2D eigenvalue weighted by molar-refractivity contribution is 7.89. The number of nitrogens with one attached hydrogen (secondary N) is 2. The van der Waals surface area contributed by atoms with Crippen LogP contribution in [0.15, 0.2) is 23.1 Å². The summed E-state index contributed by atoms with van der Waals surface area (Å²) in [6.45, 7) is 10.5. The van der Waals surface area contributed by atoms with Crippen molar-refractivity contribution in [2.45, 2.75) is 51.5 Å². The summed E-state index contributed by atoms with van der Waals surface area (Å²) in [5.41, 5.74) is 1.71. The Kier molecular flexibility index (Phi) is 7.20. The average molecular weight is 383 g/mol. The Bertz CT molecular complexity index is 726. The molecule has 0 bridgehead atoms. The van der Waals surface area contributed by atoms with Crippen molar-refractivity contribution in [2.75, 3.05) is 32.7 Å². The first kappa shape index (κ1) is 20.9. The van der Waals surface area contributed by atoms with Crippen LogP contribution in [-0.4, -0.2) is 57.4 Å². The van der Waals surface area contributed by atoms with Gasteiger partial charge in [0, 0.05) is 6.04 Å². The van der Waals surface area contributed by atoms with E-state index in [1.54, 1.807) is 10.4 Å². The number of rotatable bonds is 7. The molecule has 7 heteroatoms. The molecule has 0 aromatic heterocycles. The topological polar surface area (TPSA) is 70.9 Å². The molecule has 146 valence electrons. The maximum Gasteiger partial charge on any atom is 0.275 e. The lowest BCUT2D eigenvalue weighted by Gasteiger charge is -2.31. The molecule has 0 spiro atoms. The molecule has 1 aliphatic heterocycles. The van der Waals surface area contributed by atoms with Gasteiger partial charge in [0.05, 0.1) is 31.1 Å². The summed E-state index contributed by atoms with van der Waals surface area (Å²) < 4.78 is 27.4. The van der Waals surface area contributed by atoms with Crippen molar-refractivity contribution in [3.8, 4) is 0 Å². The van der Waals surface area contributed by atoms with Gasteiger partial charge in [-0.15, -0.1) is 0 Å². The van der Waals surface area contributed by atoms with E-state index in [4.69, 9.17) is 0 Å². The Labute approximate surface area is 157 Å². The number of nitrogens with zero attached hydrogens (tertiary/aromatic N) is 1. The SMILES string of the molecule is CCC[C@H](C)NC(=O)C[NH+]1CCN(S(=O)(=O)c2cc(C)ccc2C)CC1. The molecule has 1 aromatic carbocycles. The van der Waals surface area contributed by atoms with Crippen LogP contribution < -0.4 is 10.2 Å². The van der Waals surface area contributed by atoms with Crippen molar-refractivity contribution >= 4 is 15.9 Å². The normalized spacial score (nSPS) is 17.8. The van der Waals surface area contributed by atoms with Crippen molar-refractivity contribution in [2.24, 2.45) is 0 Å². The van der Waals surface area contributed by atoms with E-state index in [0.29, 0.717) is 37.6 Å². The lowest BCUT2D eigenvalue weighted by atomic mass is 10.2. The first-order valence-corrected chi connectivity index (χ1v) is 10.9. The van der Waals surface area contributed by atoms with Crippen molar-refractivity contribution in [1.29, 1.82) is 0 Å². The zero-order chi connectivity index (χ0) is 19.3. The Hall–Kier alpha value is -1.44. The number of benzene rings is 1. The zero-order valence-electron chi connectivity index (χ0n) is 16.3. The molecule has 0 saturated carbocycles. The fourth-order valence-electron chi connectivity index (χ4n) is 3.40. The maximum atomic E-state index is 12.9. The lowest BCUT2D eigenvalue weighted by Crippen LogP contribution is -3.15. The van der Waals surface area contributed by atoms with Gasteiger partial charge in [-0.05, 0) is 44.4 Å². The number of hydrogen-bond donors (Lipinski definition) is 2. The Morgan fingerprint density at radius 3 is 2.54 bits per heavy atom. The van der Waals surface area contributed by atoms with E-state index in [9.17, 15) is 13.2 Å². The van der Waals surface area contributed by atoms with Gasteiger partial charge >= 0.3 is 0 Å². The number of carbonyl (C=O) groups is 1. The molecule has 2 rings (SSSR count). The van der Waals surface area contributed by atoms with Crippen LogP contribution in [0.5, 0.6) is 0 Å². The smallest absolute Gasteiger partial charge is 0.275 e. The van der Waals surface area contributed by atoms with Gasteiger partial charge < -0.3 is 10.2 Å². The molecule has 1 heterocycles. The summed E-state index contributed by atoms with van der Waals surface area (Å²) >= 11 is 0. The fourth-order valence-corrected chi connectivity index (χ4v) is 5.15. The number of piperazine rings is 1. The number of amides is 1. The quantitative estimate of drug-likeness (QED) is 0.721. The third-order valence-corrected chi connectivity index (χ3v) is 6.97. The van der Waals surface area contributed by atoms with Crippen LogP contribution in [0.1, 0.15) is 37.8 Å². The molecule has 6 nitrogen and oxygen atoms in total. The van der Waals surface area contributed by atoms with Gasteiger partial charge in [-0.2, -0.15) is 4.31 Å². The highest BCUT2D eigenvalue weighted by Crippen LogP contribution is 2.21. The van der Waals surface area contributed by atoms with Crippen LogP contribution in [0.2, 0.25) is 0 Å². The van der Waals surface area contributed by atoms with Crippen molar-refractivity contribution in [3.05, 3.63) is 29.3 Å². The molecule has 1 amide bonds. The number of hydrogen-bond acceptors (Lipinski definition) is 3. The Morgan fingerprint density at radius 2 is 1.92 bits per heavy atom. The molecule has 1 atom stereocenters. The largest absolute Gasteiger partial charge is 0.349 e. The van der Waals surface area contributed by atoms with Gasteiger partial charge in [-0.25, -0.2) is 8.42 Å². The summed E-state index contributed by atoms with van der Waals surface area (Å²) in [5, 5.41) is 3.02. The third kappa shape index (κ3) is 5.28. The van der Waals surface area contributed by atoms with E-state index < -0.39 is 10.0 Å². The Morgan fingerprint density at radius 1 is 1.27 bits per heavy atom. The van der Waals surface area contributed by atoms with Crippen LogP contribution >= 0.6 is 0 Å². The second-order valence-electron chi connectivity index (χ2n) is 7.36. The molecular weight excluding hydrogens is 350 g/mol. The minimum absolute atomic E-state index is 0.0479. The van der Waals surface area contributed by atoms with Gasteiger partial charge in [0.15, 0.2) is 6.54 Å². The monoisotopic (exact) mass is 382 g/mol. The number of sulfonamides is 1. The first-order chi connectivity index (χ1) is 12.2. The van der Waals surface area contributed by atoms with E-state index >= 15 is 0 Å². The van der Waals surface area contributed by atoms with E-state index in [0.717, 1.165) is 28.9 Å². The summed E-state index contributed by atoms with van der Waals surface area (Å²) in [6, 6.07) is 5.71. The molecule has 1 aliphatic rings. The van der Waals surface area contributed by atoms with E-state index in [1.165, 1.54) is 0 Å². The summed E-state index contributed by atoms with van der Waals surface area (Å²) in [7, 11) is -3.47. The number of carbonyl (C=O) groups excluding carboxylic acids is 1. The van der Waals surface area contributed by atoms with E-state index in [2.05, 4.69) is 12.2 Å². The molecular formula is C19H32N3O3S+. The van der Waals surface area contributed by atoms with Crippen molar-refractivity contribution < 1.29 is 18.1 Å². The van der Waals surface area contributed by atoms with Crippen LogP contribution in [0.4, 0.5) is 0 Å². The average Bonchev–Trinajstić information content (AvgIpc) is 2.57. The Balaban J connectivity index is 1.93. The second kappa shape index (κ2) is 8.97. The van der Waals surface area contributed by atoms with E-state index in [1.807, 2.05) is 32.9 Å². The lowest BCUT2D eigenvalue weighted by molar-refractivity contribution is -0.895. The predicted octanol–water partition coefficient (Wildman–Crippen LogP) is 0.497. The predicted molar refractivity (Wildman–Crippen MR) is 103 cm³/mol. The van der Waals surface area contributed by atoms with E-state index in [-0.39, 0.29) is 11.9 Å². The van der Waals surface area contributed by atoms with Gasteiger partial charge in [0.25, 0.3) is 5.91 Å². The fraction of sp³-hybridized carbons (Fsp3) is 0.632. The highest BCUT2D eigenvalue weighted by Gasteiger charge is 2.32. The minimum atomic E-state index is -3.47. The molecule has 26 heavy (non-hydrogen) atoms. The summed E-state index contributed by atoms with van der Waals surface area (Å²) in [5.74, 6) is 0.0479. The van der Waals surface area contributed by atoms with Crippen LogP contribution in [-0.2, 0) is 14.8 Å². The number of aryl methyl sites for hydroxylation is 2. The summed E-state index contributed by atoms with van der Waals surface area (Å²) in [6.07, 6.45) is 2.02. The van der Waals surface area contributed by atoms with Crippen molar-refractivity contribution in [3.63, 3.8) is 0 Å². The van der Waals surface area contributed by atoms with Crippen LogP contribution in [0, 0.1) is 13.8 Å².